The van der Waals surface area contributed by atoms with Crippen molar-refractivity contribution in [2.24, 2.45) is 0 Å². The second-order valence-electron chi connectivity index (χ2n) is 6.65. The molecule has 27 heavy (non-hydrogen) atoms. The first-order valence-corrected chi connectivity index (χ1v) is 8.95. The smallest absolute Gasteiger partial charge is 0.416 e. The summed E-state index contributed by atoms with van der Waals surface area (Å²) in [5.41, 5.74) is 1.05. The zero-order chi connectivity index (χ0) is 19.3. The van der Waals surface area contributed by atoms with Crippen LogP contribution in [0.3, 0.4) is 0 Å². The summed E-state index contributed by atoms with van der Waals surface area (Å²) in [5.74, 6) is 1.14. The summed E-state index contributed by atoms with van der Waals surface area (Å²) < 4.78 is 44.3. The van der Waals surface area contributed by atoms with Crippen molar-refractivity contribution in [3.8, 4) is 11.3 Å². The highest BCUT2D eigenvalue weighted by atomic mass is 19.4. The van der Waals surface area contributed by atoms with Crippen molar-refractivity contribution in [1.82, 2.24) is 5.32 Å². The Kier molecular flexibility index (Phi) is 6.01. The van der Waals surface area contributed by atoms with Crippen LogP contribution in [0.4, 0.5) is 13.2 Å². The highest BCUT2D eigenvalue weighted by molar-refractivity contribution is 5.58. The fourth-order valence-corrected chi connectivity index (χ4v) is 2.88. The molecule has 0 fully saturated rings. The van der Waals surface area contributed by atoms with E-state index in [1.165, 1.54) is 11.6 Å². The molecule has 0 saturated carbocycles. The molecule has 2 nitrogen and oxygen atoms in total. The monoisotopic (exact) mass is 373 g/mol. The fraction of sp³-hybridized carbons (Fsp3) is 0.273. The van der Waals surface area contributed by atoms with Crippen LogP contribution < -0.4 is 5.32 Å². The summed E-state index contributed by atoms with van der Waals surface area (Å²) in [6, 6.07) is 19.3. The highest BCUT2D eigenvalue weighted by Gasteiger charge is 2.30. The van der Waals surface area contributed by atoms with Crippen LogP contribution in [0, 0.1) is 0 Å². The first-order chi connectivity index (χ1) is 12.9. The van der Waals surface area contributed by atoms with E-state index in [1.54, 1.807) is 18.2 Å². The predicted octanol–water partition coefficient (Wildman–Crippen LogP) is 6.08. The highest BCUT2D eigenvalue weighted by Crippen LogP contribution is 2.32. The molecule has 1 aromatic heterocycles. The lowest BCUT2D eigenvalue weighted by Gasteiger charge is -2.12. The number of hydrogen-bond acceptors (Lipinski definition) is 2. The maximum atomic E-state index is 12.9. The Labute approximate surface area is 157 Å². The molecule has 0 aliphatic heterocycles. The minimum absolute atomic E-state index is 0.298. The minimum Gasteiger partial charge on any atom is -0.460 e. The van der Waals surface area contributed by atoms with Crippen molar-refractivity contribution in [2.75, 3.05) is 0 Å². The van der Waals surface area contributed by atoms with Crippen LogP contribution in [-0.4, -0.2) is 6.04 Å². The molecule has 0 aliphatic carbocycles. The standard InChI is InChI=1S/C22H22F3NO/c1-16(10-11-17-6-3-2-4-7-17)26-15-20-12-13-21(27-20)18-8-5-9-19(14-18)22(23,24)25/h2-9,12-14,16,26H,10-11,15H2,1H3. The van der Waals surface area contributed by atoms with Gasteiger partial charge in [0.05, 0.1) is 12.1 Å². The number of alkyl halides is 3. The van der Waals surface area contributed by atoms with E-state index in [-0.39, 0.29) is 0 Å². The van der Waals surface area contributed by atoms with E-state index < -0.39 is 11.7 Å². The molecule has 2 aromatic carbocycles. The molecule has 1 heterocycles. The largest absolute Gasteiger partial charge is 0.460 e. The lowest BCUT2D eigenvalue weighted by atomic mass is 10.1. The average Bonchev–Trinajstić information content (AvgIpc) is 3.14. The van der Waals surface area contributed by atoms with Gasteiger partial charge in [0.15, 0.2) is 0 Å². The number of benzene rings is 2. The van der Waals surface area contributed by atoms with Crippen molar-refractivity contribution >= 4 is 0 Å². The van der Waals surface area contributed by atoms with Crippen LogP contribution in [-0.2, 0) is 19.1 Å². The SMILES string of the molecule is CC(CCc1ccccc1)NCc1ccc(-c2cccc(C(F)(F)F)c2)o1. The fourth-order valence-electron chi connectivity index (χ4n) is 2.88. The third kappa shape index (κ3) is 5.47. The molecular formula is C22H22F3NO. The van der Waals surface area contributed by atoms with Crippen LogP contribution in [0.5, 0.6) is 0 Å². The van der Waals surface area contributed by atoms with Gasteiger partial charge in [-0.25, -0.2) is 0 Å². The van der Waals surface area contributed by atoms with Gasteiger partial charge in [0.2, 0.25) is 0 Å². The van der Waals surface area contributed by atoms with Gasteiger partial charge in [-0.3, -0.25) is 0 Å². The van der Waals surface area contributed by atoms with E-state index in [9.17, 15) is 13.2 Å². The summed E-state index contributed by atoms with van der Waals surface area (Å²) in [6.07, 6.45) is -2.38. The van der Waals surface area contributed by atoms with E-state index in [2.05, 4.69) is 24.4 Å². The van der Waals surface area contributed by atoms with Gasteiger partial charge in [0, 0.05) is 11.6 Å². The van der Waals surface area contributed by atoms with Crippen molar-refractivity contribution in [2.45, 2.75) is 38.5 Å². The summed E-state index contributed by atoms with van der Waals surface area (Å²) >= 11 is 0. The normalized spacial score (nSPS) is 12.9. The Morgan fingerprint density at radius 3 is 2.48 bits per heavy atom. The molecule has 142 valence electrons. The summed E-state index contributed by atoms with van der Waals surface area (Å²) in [5, 5.41) is 3.40. The third-order valence-electron chi connectivity index (χ3n) is 4.47. The Balaban J connectivity index is 1.55. The molecule has 0 bridgehead atoms. The Morgan fingerprint density at radius 1 is 0.963 bits per heavy atom. The number of halogens is 3. The van der Waals surface area contributed by atoms with Gasteiger partial charge >= 0.3 is 6.18 Å². The molecule has 1 unspecified atom stereocenters. The Hall–Kier alpha value is -2.53. The Bertz CT molecular complexity index is 855. The van der Waals surface area contributed by atoms with E-state index in [1.807, 2.05) is 18.2 Å². The lowest BCUT2D eigenvalue weighted by molar-refractivity contribution is -0.137. The zero-order valence-corrected chi connectivity index (χ0v) is 15.1. The molecule has 0 aliphatic rings. The van der Waals surface area contributed by atoms with E-state index in [0.29, 0.717) is 29.7 Å². The van der Waals surface area contributed by atoms with Crippen LogP contribution >= 0.6 is 0 Å². The van der Waals surface area contributed by atoms with Gasteiger partial charge < -0.3 is 9.73 Å². The summed E-state index contributed by atoms with van der Waals surface area (Å²) in [6.45, 7) is 2.65. The summed E-state index contributed by atoms with van der Waals surface area (Å²) in [4.78, 5) is 0. The maximum Gasteiger partial charge on any atom is 0.416 e. The van der Waals surface area contributed by atoms with Crippen LogP contribution in [0.2, 0.25) is 0 Å². The molecule has 5 heteroatoms. The van der Waals surface area contributed by atoms with Crippen LogP contribution in [0.25, 0.3) is 11.3 Å². The van der Waals surface area contributed by atoms with Gasteiger partial charge in [0.25, 0.3) is 0 Å². The number of rotatable bonds is 7. The van der Waals surface area contributed by atoms with Crippen LogP contribution in [0.1, 0.15) is 30.2 Å². The van der Waals surface area contributed by atoms with Gasteiger partial charge in [-0.2, -0.15) is 13.2 Å². The van der Waals surface area contributed by atoms with E-state index >= 15 is 0 Å². The molecule has 1 atom stereocenters. The van der Waals surface area contributed by atoms with Crippen molar-refractivity contribution in [1.29, 1.82) is 0 Å². The molecule has 0 radical (unpaired) electrons. The molecular weight excluding hydrogens is 351 g/mol. The molecule has 0 saturated heterocycles. The van der Waals surface area contributed by atoms with E-state index in [4.69, 9.17) is 4.42 Å². The van der Waals surface area contributed by atoms with E-state index in [0.717, 1.165) is 25.0 Å². The number of nitrogens with one attached hydrogen (secondary N) is 1. The number of aryl methyl sites for hydroxylation is 1. The van der Waals surface area contributed by atoms with Crippen molar-refractivity contribution in [3.05, 3.63) is 83.6 Å². The topological polar surface area (TPSA) is 25.2 Å². The average molecular weight is 373 g/mol. The second kappa shape index (κ2) is 8.44. The van der Waals surface area contributed by atoms with Gasteiger partial charge in [-0.15, -0.1) is 0 Å². The summed E-state index contributed by atoms with van der Waals surface area (Å²) in [7, 11) is 0. The number of hydrogen-bond donors (Lipinski definition) is 1. The lowest BCUT2D eigenvalue weighted by Crippen LogP contribution is -2.25. The molecule has 3 rings (SSSR count). The molecule has 0 amide bonds. The quantitative estimate of drug-likeness (QED) is 0.543. The van der Waals surface area contributed by atoms with Crippen molar-refractivity contribution < 1.29 is 17.6 Å². The first-order valence-electron chi connectivity index (χ1n) is 8.95. The first kappa shape index (κ1) is 19.2. The molecule has 0 spiro atoms. The van der Waals surface area contributed by atoms with Crippen LogP contribution in [0.15, 0.2) is 71.1 Å². The maximum absolute atomic E-state index is 12.9. The predicted molar refractivity (Wildman–Crippen MR) is 100 cm³/mol. The third-order valence-corrected chi connectivity index (χ3v) is 4.47. The van der Waals surface area contributed by atoms with Gasteiger partial charge in [-0.1, -0.05) is 42.5 Å². The minimum atomic E-state index is -4.36. The molecule has 3 aromatic rings. The van der Waals surface area contributed by atoms with Crippen molar-refractivity contribution in [3.63, 3.8) is 0 Å². The zero-order valence-electron chi connectivity index (χ0n) is 15.1. The van der Waals surface area contributed by atoms with Gasteiger partial charge in [-0.05, 0) is 49.6 Å². The Morgan fingerprint density at radius 2 is 1.74 bits per heavy atom. The molecule has 1 N–H and O–H groups in total. The second-order valence-corrected chi connectivity index (χ2v) is 6.65. The van der Waals surface area contributed by atoms with Gasteiger partial charge in [0.1, 0.15) is 11.5 Å². The number of furan rings is 1.